The van der Waals surface area contributed by atoms with E-state index in [1.54, 1.807) is 7.11 Å². The molecule has 4 nitrogen and oxygen atoms in total. The van der Waals surface area contributed by atoms with Crippen molar-refractivity contribution in [1.82, 2.24) is 10.2 Å². The molecule has 2 rings (SSSR count). The summed E-state index contributed by atoms with van der Waals surface area (Å²) in [6.07, 6.45) is 8.53. The largest absolute Gasteiger partial charge is 0.497 e. The Morgan fingerprint density at radius 2 is 2.30 bits per heavy atom. The second-order valence-corrected chi connectivity index (χ2v) is 5.03. The molecule has 0 bridgehead atoms. The van der Waals surface area contributed by atoms with Crippen molar-refractivity contribution in [3.05, 3.63) is 35.9 Å². The number of rotatable bonds is 4. The lowest BCUT2D eigenvalue weighted by atomic mass is 9.99. The molecule has 0 aliphatic carbocycles. The number of nitrogens with zero attached hydrogens (tertiary/aromatic N) is 2. The summed E-state index contributed by atoms with van der Waals surface area (Å²) in [5, 5.41) is 3.29. The highest BCUT2D eigenvalue weighted by atomic mass is 127. The Bertz CT molecular complexity index is 605. The molecule has 124 valence electrons. The highest BCUT2D eigenvalue weighted by Gasteiger charge is 2.16. The fraction of sp³-hybridized carbons (Fsp3) is 0.389. The van der Waals surface area contributed by atoms with E-state index >= 15 is 0 Å². The molecule has 0 saturated heterocycles. The average Bonchev–Trinajstić information content (AvgIpc) is 2.59. The van der Waals surface area contributed by atoms with Gasteiger partial charge in [0.15, 0.2) is 5.96 Å². The quantitative estimate of drug-likeness (QED) is 0.349. The van der Waals surface area contributed by atoms with Crippen LogP contribution in [0.5, 0.6) is 5.75 Å². The van der Waals surface area contributed by atoms with Gasteiger partial charge in [0, 0.05) is 19.6 Å². The van der Waals surface area contributed by atoms with E-state index in [0.717, 1.165) is 37.8 Å². The van der Waals surface area contributed by atoms with Crippen LogP contribution < -0.4 is 10.1 Å². The standard InChI is InChI=1S/C18H23N3O.HI/c1-4-11-20-18(19-5-2)21-12-9-15(10-13-21)16-7-6-8-17(14-16)22-3;/h1,6-9,14H,5,10-13H2,2-3H3,(H,19,20);1H. The van der Waals surface area contributed by atoms with Gasteiger partial charge in [-0.3, -0.25) is 0 Å². The minimum Gasteiger partial charge on any atom is -0.497 e. The zero-order valence-corrected chi connectivity index (χ0v) is 16.0. The first kappa shape index (κ1) is 19.4. The number of nitrogens with one attached hydrogen (secondary N) is 1. The van der Waals surface area contributed by atoms with Crippen molar-refractivity contribution in [3.8, 4) is 18.1 Å². The number of halogens is 1. The molecule has 1 aliphatic rings. The minimum atomic E-state index is 0. The number of ether oxygens (including phenoxy) is 1. The summed E-state index contributed by atoms with van der Waals surface area (Å²) < 4.78 is 5.30. The lowest BCUT2D eigenvalue weighted by molar-refractivity contribution is 0.414. The van der Waals surface area contributed by atoms with E-state index in [4.69, 9.17) is 11.2 Å². The fourth-order valence-corrected chi connectivity index (χ4v) is 2.49. The number of methoxy groups -OCH3 is 1. The lowest BCUT2D eigenvalue weighted by Crippen LogP contribution is -2.43. The summed E-state index contributed by atoms with van der Waals surface area (Å²) in [5.41, 5.74) is 2.58. The molecule has 0 atom stereocenters. The molecule has 0 radical (unpaired) electrons. The maximum absolute atomic E-state index is 5.30. The SMILES string of the molecule is C#CCN=C(NCC)N1CC=C(c2cccc(OC)c2)CC1.I. The van der Waals surface area contributed by atoms with Gasteiger partial charge in [0.1, 0.15) is 12.3 Å². The van der Waals surface area contributed by atoms with Gasteiger partial charge in [-0.25, -0.2) is 4.99 Å². The van der Waals surface area contributed by atoms with Gasteiger partial charge in [0.25, 0.3) is 0 Å². The molecule has 1 aromatic carbocycles. The Kier molecular flexibility index (Phi) is 8.56. The van der Waals surface area contributed by atoms with Crippen LogP contribution in [0.1, 0.15) is 18.9 Å². The summed E-state index contributed by atoms with van der Waals surface area (Å²) >= 11 is 0. The molecule has 1 aliphatic heterocycles. The molecule has 0 fully saturated rings. The van der Waals surface area contributed by atoms with E-state index in [9.17, 15) is 0 Å². The molecule has 0 amide bonds. The van der Waals surface area contributed by atoms with Crippen molar-refractivity contribution in [2.45, 2.75) is 13.3 Å². The highest BCUT2D eigenvalue weighted by molar-refractivity contribution is 14.0. The first-order chi connectivity index (χ1) is 10.8. The van der Waals surface area contributed by atoms with Crippen LogP contribution in [0.15, 0.2) is 35.3 Å². The van der Waals surface area contributed by atoms with E-state index in [-0.39, 0.29) is 24.0 Å². The Morgan fingerprint density at radius 3 is 2.91 bits per heavy atom. The second-order valence-electron chi connectivity index (χ2n) is 5.03. The van der Waals surface area contributed by atoms with E-state index < -0.39 is 0 Å². The third kappa shape index (κ3) is 5.47. The molecular weight excluding hydrogens is 401 g/mol. The van der Waals surface area contributed by atoms with Gasteiger partial charge in [-0.1, -0.05) is 24.1 Å². The van der Waals surface area contributed by atoms with Crippen LogP contribution >= 0.6 is 24.0 Å². The lowest BCUT2D eigenvalue weighted by Gasteiger charge is -2.29. The average molecular weight is 425 g/mol. The van der Waals surface area contributed by atoms with Crippen LogP contribution in [-0.2, 0) is 0 Å². The molecule has 1 aromatic rings. The normalized spacial score (nSPS) is 14.4. The smallest absolute Gasteiger partial charge is 0.195 e. The summed E-state index contributed by atoms with van der Waals surface area (Å²) in [6.45, 7) is 5.08. The van der Waals surface area contributed by atoms with Crippen molar-refractivity contribution < 1.29 is 4.74 Å². The number of hydrogen-bond donors (Lipinski definition) is 1. The van der Waals surface area contributed by atoms with Gasteiger partial charge in [0.05, 0.1) is 7.11 Å². The van der Waals surface area contributed by atoms with Crippen LogP contribution in [-0.4, -0.2) is 44.1 Å². The van der Waals surface area contributed by atoms with E-state index in [1.165, 1.54) is 11.1 Å². The van der Waals surface area contributed by atoms with Crippen LogP contribution in [0.2, 0.25) is 0 Å². The van der Waals surface area contributed by atoms with E-state index in [0.29, 0.717) is 6.54 Å². The number of terminal acetylenes is 1. The van der Waals surface area contributed by atoms with Crippen LogP contribution in [0.25, 0.3) is 5.57 Å². The van der Waals surface area contributed by atoms with E-state index in [1.807, 2.05) is 12.1 Å². The van der Waals surface area contributed by atoms with Crippen LogP contribution in [0, 0.1) is 12.3 Å². The second kappa shape index (κ2) is 10.2. The van der Waals surface area contributed by atoms with Crippen LogP contribution in [0.4, 0.5) is 0 Å². The van der Waals surface area contributed by atoms with Crippen LogP contribution in [0.3, 0.4) is 0 Å². The minimum absolute atomic E-state index is 0. The molecule has 23 heavy (non-hydrogen) atoms. The van der Waals surface area contributed by atoms with E-state index in [2.05, 4.69) is 46.3 Å². The summed E-state index contributed by atoms with van der Waals surface area (Å²) in [6, 6.07) is 8.20. The van der Waals surface area contributed by atoms with Crippen molar-refractivity contribution in [2.24, 2.45) is 4.99 Å². The number of benzene rings is 1. The zero-order chi connectivity index (χ0) is 15.8. The van der Waals surface area contributed by atoms with Gasteiger partial charge >= 0.3 is 0 Å². The van der Waals surface area contributed by atoms with Crippen molar-refractivity contribution in [2.75, 3.05) is 33.3 Å². The molecular formula is C18H24IN3O. The summed E-state index contributed by atoms with van der Waals surface area (Å²) in [7, 11) is 1.70. The van der Waals surface area contributed by atoms with Crippen molar-refractivity contribution in [1.29, 1.82) is 0 Å². The van der Waals surface area contributed by atoms with Crippen molar-refractivity contribution >= 4 is 35.5 Å². The first-order valence-electron chi connectivity index (χ1n) is 7.58. The molecule has 0 saturated carbocycles. The summed E-state index contributed by atoms with van der Waals surface area (Å²) in [4.78, 5) is 6.65. The monoisotopic (exact) mass is 425 g/mol. The maximum Gasteiger partial charge on any atom is 0.195 e. The van der Waals surface area contributed by atoms with Gasteiger partial charge in [-0.2, -0.15) is 0 Å². The fourth-order valence-electron chi connectivity index (χ4n) is 2.49. The number of guanidine groups is 1. The number of aliphatic imine (C=N–C) groups is 1. The predicted molar refractivity (Wildman–Crippen MR) is 107 cm³/mol. The van der Waals surface area contributed by atoms with Gasteiger partial charge < -0.3 is 15.0 Å². The Hall–Kier alpha value is -1.68. The third-order valence-electron chi connectivity index (χ3n) is 3.60. The zero-order valence-electron chi connectivity index (χ0n) is 13.7. The number of hydrogen-bond acceptors (Lipinski definition) is 2. The third-order valence-corrected chi connectivity index (χ3v) is 3.60. The topological polar surface area (TPSA) is 36.9 Å². The summed E-state index contributed by atoms with van der Waals surface area (Å²) in [5.74, 6) is 4.34. The first-order valence-corrected chi connectivity index (χ1v) is 7.58. The molecule has 0 aromatic heterocycles. The Morgan fingerprint density at radius 1 is 1.48 bits per heavy atom. The Balaban J connectivity index is 0.00000264. The molecule has 1 heterocycles. The molecule has 1 N–H and O–H groups in total. The molecule has 0 spiro atoms. The van der Waals surface area contributed by atoms with Gasteiger partial charge in [-0.15, -0.1) is 30.4 Å². The maximum atomic E-state index is 5.30. The Labute approximate surface area is 156 Å². The van der Waals surface area contributed by atoms with Crippen molar-refractivity contribution in [3.63, 3.8) is 0 Å². The molecule has 0 unspecified atom stereocenters. The molecule has 5 heteroatoms. The highest BCUT2D eigenvalue weighted by Crippen LogP contribution is 2.25. The van der Waals surface area contributed by atoms with Gasteiger partial charge in [0.2, 0.25) is 0 Å². The predicted octanol–water partition coefficient (Wildman–Crippen LogP) is 3.00. The van der Waals surface area contributed by atoms with Gasteiger partial charge in [-0.05, 0) is 36.6 Å².